The van der Waals surface area contributed by atoms with Gasteiger partial charge in [-0.15, -0.1) is 0 Å². The molecule has 0 bridgehead atoms. The van der Waals surface area contributed by atoms with Gasteiger partial charge < -0.3 is 0 Å². The van der Waals surface area contributed by atoms with Crippen LogP contribution in [0.1, 0.15) is 30.7 Å². The number of carbonyl (C=O) groups is 1. The minimum Gasteiger partial charge on any atom is -0.298 e. The number of nitrogens with zero attached hydrogens (tertiary/aromatic N) is 1. The fourth-order valence-electron chi connectivity index (χ4n) is 1.74. The first-order valence-corrected chi connectivity index (χ1v) is 5.76. The highest BCUT2D eigenvalue weighted by Crippen LogP contribution is 2.34. The maximum Gasteiger partial charge on any atom is 0.154 e. The standard InChI is InChI=1S/C13H12ClNO/c14-11-3-1-2-10(7-11)12(8-15)13(16)6-9-4-5-9/h1-3,7,9,12H,4-6H2. The number of halogens is 1. The summed E-state index contributed by atoms with van der Waals surface area (Å²) in [4.78, 5) is 11.9. The Morgan fingerprint density at radius 2 is 2.31 bits per heavy atom. The van der Waals surface area contributed by atoms with Crippen molar-refractivity contribution < 1.29 is 4.79 Å². The van der Waals surface area contributed by atoms with E-state index in [9.17, 15) is 4.79 Å². The van der Waals surface area contributed by atoms with Crippen LogP contribution >= 0.6 is 11.6 Å². The molecule has 1 unspecified atom stereocenters. The largest absolute Gasteiger partial charge is 0.298 e. The van der Waals surface area contributed by atoms with Crippen molar-refractivity contribution in [2.75, 3.05) is 0 Å². The number of nitriles is 1. The fraction of sp³-hybridized carbons (Fsp3) is 0.385. The van der Waals surface area contributed by atoms with Crippen molar-refractivity contribution in [2.45, 2.75) is 25.2 Å². The second kappa shape index (κ2) is 4.67. The lowest BCUT2D eigenvalue weighted by Gasteiger charge is -2.08. The van der Waals surface area contributed by atoms with Gasteiger partial charge in [-0.1, -0.05) is 23.7 Å². The molecule has 0 spiro atoms. The molecule has 1 aromatic carbocycles. The molecule has 0 aromatic heterocycles. The molecule has 16 heavy (non-hydrogen) atoms. The van der Waals surface area contributed by atoms with Crippen molar-refractivity contribution in [3.05, 3.63) is 34.9 Å². The summed E-state index contributed by atoms with van der Waals surface area (Å²) < 4.78 is 0. The Balaban J connectivity index is 2.15. The highest BCUT2D eigenvalue weighted by Gasteiger charge is 2.29. The molecule has 2 rings (SSSR count). The van der Waals surface area contributed by atoms with E-state index < -0.39 is 5.92 Å². The van der Waals surface area contributed by atoms with E-state index >= 15 is 0 Å². The molecule has 0 amide bonds. The number of hydrogen-bond acceptors (Lipinski definition) is 2. The van der Waals surface area contributed by atoms with Crippen molar-refractivity contribution in [3.8, 4) is 6.07 Å². The van der Waals surface area contributed by atoms with Crippen molar-refractivity contribution in [2.24, 2.45) is 5.92 Å². The first-order valence-electron chi connectivity index (χ1n) is 5.38. The second-order valence-corrected chi connectivity index (χ2v) is 4.67. The van der Waals surface area contributed by atoms with Crippen molar-refractivity contribution in [1.82, 2.24) is 0 Å². The van der Waals surface area contributed by atoms with Crippen LogP contribution < -0.4 is 0 Å². The van der Waals surface area contributed by atoms with Gasteiger partial charge in [0, 0.05) is 11.4 Å². The molecule has 0 N–H and O–H groups in total. The van der Waals surface area contributed by atoms with E-state index in [-0.39, 0.29) is 5.78 Å². The second-order valence-electron chi connectivity index (χ2n) is 4.23. The van der Waals surface area contributed by atoms with E-state index in [2.05, 4.69) is 6.07 Å². The van der Waals surface area contributed by atoms with Crippen LogP contribution in [0, 0.1) is 17.2 Å². The predicted molar refractivity (Wildman–Crippen MR) is 62.2 cm³/mol. The molecule has 82 valence electrons. The summed E-state index contributed by atoms with van der Waals surface area (Å²) in [7, 11) is 0. The van der Waals surface area contributed by atoms with E-state index in [0.29, 0.717) is 22.9 Å². The lowest BCUT2D eigenvalue weighted by molar-refractivity contribution is -0.119. The summed E-state index contributed by atoms with van der Waals surface area (Å²) in [5.74, 6) is -0.117. The van der Waals surface area contributed by atoms with Crippen LogP contribution in [0.2, 0.25) is 5.02 Å². The van der Waals surface area contributed by atoms with Gasteiger partial charge in [0.1, 0.15) is 5.92 Å². The van der Waals surface area contributed by atoms with Gasteiger partial charge in [-0.25, -0.2) is 0 Å². The van der Waals surface area contributed by atoms with Crippen LogP contribution in [-0.4, -0.2) is 5.78 Å². The molecule has 1 aliphatic carbocycles. The normalized spacial score (nSPS) is 16.5. The lowest BCUT2D eigenvalue weighted by atomic mass is 9.93. The Labute approximate surface area is 99.8 Å². The number of ketones is 1. The molecule has 1 saturated carbocycles. The van der Waals surface area contributed by atoms with Crippen LogP contribution in [-0.2, 0) is 4.79 Å². The highest BCUT2D eigenvalue weighted by atomic mass is 35.5. The quantitative estimate of drug-likeness (QED) is 0.801. The number of rotatable bonds is 4. The van der Waals surface area contributed by atoms with E-state index in [0.717, 1.165) is 12.8 Å². The summed E-state index contributed by atoms with van der Waals surface area (Å²) in [6.45, 7) is 0. The van der Waals surface area contributed by atoms with Gasteiger partial charge in [-0.05, 0) is 36.5 Å². The minimum atomic E-state index is -0.653. The summed E-state index contributed by atoms with van der Waals surface area (Å²) in [5.41, 5.74) is 0.709. The predicted octanol–water partition coefficient (Wildman–Crippen LogP) is 3.32. The SMILES string of the molecule is N#CC(C(=O)CC1CC1)c1cccc(Cl)c1. The molecule has 1 fully saturated rings. The number of benzene rings is 1. The topological polar surface area (TPSA) is 40.9 Å². The zero-order valence-corrected chi connectivity index (χ0v) is 9.57. The van der Waals surface area contributed by atoms with E-state index in [1.807, 2.05) is 0 Å². The summed E-state index contributed by atoms with van der Waals surface area (Å²) in [6, 6.07) is 9.06. The molecule has 3 heteroatoms. The monoisotopic (exact) mass is 233 g/mol. The minimum absolute atomic E-state index is 0.0206. The first kappa shape index (κ1) is 11.2. The van der Waals surface area contributed by atoms with Gasteiger partial charge in [0.2, 0.25) is 0 Å². The Hall–Kier alpha value is -1.33. The molecule has 1 atom stereocenters. The van der Waals surface area contributed by atoms with Crippen LogP contribution in [0.25, 0.3) is 0 Å². The molecular weight excluding hydrogens is 222 g/mol. The molecule has 0 aliphatic heterocycles. The van der Waals surface area contributed by atoms with E-state index in [1.165, 1.54) is 0 Å². The average molecular weight is 234 g/mol. The van der Waals surface area contributed by atoms with Crippen molar-refractivity contribution in [3.63, 3.8) is 0 Å². The Kier molecular flexibility index (Phi) is 3.26. The smallest absolute Gasteiger partial charge is 0.154 e. The first-order chi connectivity index (χ1) is 7.70. The summed E-state index contributed by atoms with van der Waals surface area (Å²) in [5, 5.41) is 9.63. The molecule has 0 heterocycles. The maximum absolute atomic E-state index is 11.9. The number of Topliss-reactive ketones (excluding diaryl/α,β-unsaturated/α-hetero) is 1. The third-order valence-corrected chi connectivity index (χ3v) is 3.05. The van der Waals surface area contributed by atoms with E-state index in [4.69, 9.17) is 16.9 Å². The van der Waals surface area contributed by atoms with Gasteiger partial charge in [-0.3, -0.25) is 4.79 Å². The molecule has 0 saturated heterocycles. The van der Waals surface area contributed by atoms with Gasteiger partial charge in [0.15, 0.2) is 5.78 Å². The Morgan fingerprint density at radius 3 is 2.88 bits per heavy atom. The molecule has 1 aromatic rings. The van der Waals surface area contributed by atoms with Gasteiger partial charge in [0.25, 0.3) is 0 Å². The fourth-order valence-corrected chi connectivity index (χ4v) is 1.94. The Bertz CT molecular complexity index is 445. The van der Waals surface area contributed by atoms with Crippen LogP contribution in [0.4, 0.5) is 0 Å². The number of carbonyl (C=O) groups excluding carboxylic acids is 1. The average Bonchev–Trinajstić information content (AvgIpc) is 3.03. The number of hydrogen-bond donors (Lipinski definition) is 0. The Morgan fingerprint density at radius 1 is 1.56 bits per heavy atom. The molecule has 1 aliphatic rings. The van der Waals surface area contributed by atoms with Crippen molar-refractivity contribution >= 4 is 17.4 Å². The third-order valence-electron chi connectivity index (χ3n) is 2.82. The third kappa shape index (κ3) is 2.62. The lowest BCUT2D eigenvalue weighted by Crippen LogP contribution is -2.11. The van der Waals surface area contributed by atoms with Crippen LogP contribution in [0.3, 0.4) is 0 Å². The van der Waals surface area contributed by atoms with Crippen LogP contribution in [0.5, 0.6) is 0 Å². The van der Waals surface area contributed by atoms with E-state index in [1.54, 1.807) is 24.3 Å². The molecular formula is C13H12ClNO. The highest BCUT2D eigenvalue weighted by molar-refractivity contribution is 6.30. The van der Waals surface area contributed by atoms with Crippen LogP contribution in [0.15, 0.2) is 24.3 Å². The van der Waals surface area contributed by atoms with Gasteiger partial charge in [-0.2, -0.15) is 5.26 Å². The molecule has 2 nitrogen and oxygen atoms in total. The van der Waals surface area contributed by atoms with Crippen molar-refractivity contribution in [1.29, 1.82) is 5.26 Å². The summed E-state index contributed by atoms with van der Waals surface area (Å²) >= 11 is 5.85. The molecule has 0 radical (unpaired) electrons. The zero-order chi connectivity index (χ0) is 11.5. The zero-order valence-electron chi connectivity index (χ0n) is 8.82. The van der Waals surface area contributed by atoms with Gasteiger partial charge in [0.05, 0.1) is 6.07 Å². The van der Waals surface area contributed by atoms with Gasteiger partial charge >= 0.3 is 0 Å². The summed E-state index contributed by atoms with van der Waals surface area (Å²) in [6.07, 6.45) is 2.78. The maximum atomic E-state index is 11.9.